The Bertz CT molecular complexity index is 433. The zero-order chi connectivity index (χ0) is 14.8. The molecule has 0 spiro atoms. The zero-order valence-corrected chi connectivity index (χ0v) is 11.4. The maximum Gasteiger partial charge on any atom is 0.573 e. The highest BCUT2D eigenvalue weighted by Gasteiger charge is 2.31. The number of halogens is 3. The largest absolute Gasteiger partial charge is 0.573 e. The summed E-state index contributed by atoms with van der Waals surface area (Å²) in [7, 11) is 0. The number of alkyl halides is 3. The first-order chi connectivity index (χ1) is 9.33. The molecule has 2 unspecified atom stereocenters. The Balaban J connectivity index is 1.91. The molecule has 2 N–H and O–H groups in total. The molecule has 1 aromatic carbocycles. The second-order valence-corrected chi connectivity index (χ2v) is 5.36. The van der Waals surface area contributed by atoms with Crippen molar-refractivity contribution in [3.63, 3.8) is 0 Å². The molecule has 0 bridgehead atoms. The van der Waals surface area contributed by atoms with E-state index in [4.69, 9.17) is 5.73 Å². The fraction of sp³-hybridized carbons (Fsp3) is 0.571. The molecule has 1 aromatic rings. The van der Waals surface area contributed by atoms with Crippen LogP contribution in [0.3, 0.4) is 0 Å². The van der Waals surface area contributed by atoms with Crippen LogP contribution < -0.4 is 10.5 Å². The van der Waals surface area contributed by atoms with Gasteiger partial charge >= 0.3 is 6.36 Å². The van der Waals surface area contributed by atoms with E-state index in [0.29, 0.717) is 5.92 Å². The predicted molar refractivity (Wildman–Crippen MR) is 70.2 cm³/mol. The smallest absolute Gasteiger partial charge is 0.406 e. The Morgan fingerprint density at radius 1 is 1.30 bits per heavy atom. The minimum Gasteiger partial charge on any atom is -0.406 e. The molecule has 1 fully saturated rings. The summed E-state index contributed by atoms with van der Waals surface area (Å²) in [6.45, 7) is 4.69. The summed E-state index contributed by atoms with van der Waals surface area (Å²) in [5.74, 6) is 0.256. The van der Waals surface area contributed by atoms with Crippen molar-refractivity contribution in [1.29, 1.82) is 0 Å². The van der Waals surface area contributed by atoms with Crippen LogP contribution in [0, 0.1) is 5.92 Å². The first kappa shape index (κ1) is 15.1. The van der Waals surface area contributed by atoms with Crippen LogP contribution >= 0.6 is 0 Å². The van der Waals surface area contributed by atoms with Gasteiger partial charge in [0, 0.05) is 19.1 Å². The molecule has 2 rings (SSSR count). The predicted octanol–water partition coefficient (Wildman–Crippen LogP) is 2.75. The second kappa shape index (κ2) is 6.01. The number of piperidine rings is 1. The lowest BCUT2D eigenvalue weighted by Crippen LogP contribution is -2.45. The van der Waals surface area contributed by atoms with E-state index in [-0.39, 0.29) is 11.8 Å². The molecule has 0 aromatic heterocycles. The van der Waals surface area contributed by atoms with Crippen LogP contribution in [-0.4, -0.2) is 30.4 Å². The molecule has 20 heavy (non-hydrogen) atoms. The van der Waals surface area contributed by atoms with Crippen LogP contribution in [0.4, 0.5) is 13.2 Å². The second-order valence-electron chi connectivity index (χ2n) is 5.36. The summed E-state index contributed by atoms with van der Waals surface area (Å²) < 4.78 is 40.0. The summed E-state index contributed by atoms with van der Waals surface area (Å²) in [5.41, 5.74) is 6.94. The maximum atomic E-state index is 12.1. The van der Waals surface area contributed by atoms with Crippen LogP contribution in [0.1, 0.15) is 18.9 Å². The van der Waals surface area contributed by atoms with E-state index in [9.17, 15) is 13.2 Å². The fourth-order valence-electron chi connectivity index (χ4n) is 2.45. The molecule has 3 nitrogen and oxygen atoms in total. The van der Waals surface area contributed by atoms with E-state index in [0.717, 1.165) is 31.6 Å². The van der Waals surface area contributed by atoms with Crippen molar-refractivity contribution in [2.45, 2.75) is 32.3 Å². The highest BCUT2D eigenvalue weighted by Crippen LogP contribution is 2.23. The number of hydrogen-bond acceptors (Lipinski definition) is 3. The van der Waals surface area contributed by atoms with Gasteiger partial charge in [0.2, 0.25) is 0 Å². The van der Waals surface area contributed by atoms with Gasteiger partial charge in [0.1, 0.15) is 5.75 Å². The summed E-state index contributed by atoms with van der Waals surface area (Å²) in [5, 5.41) is 0. The van der Waals surface area contributed by atoms with E-state index in [2.05, 4.69) is 16.6 Å². The third kappa shape index (κ3) is 4.38. The number of likely N-dealkylation sites (tertiary alicyclic amines) is 1. The molecule has 1 heterocycles. The van der Waals surface area contributed by atoms with E-state index in [1.54, 1.807) is 12.1 Å². The van der Waals surface area contributed by atoms with E-state index >= 15 is 0 Å². The number of ether oxygens (including phenoxy) is 1. The zero-order valence-electron chi connectivity index (χ0n) is 11.4. The molecule has 1 aliphatic heterocycles. The standard InChI is InChI=1S/C14H19F3N2O/c1-10-8-19(7-6-13(10)18)9-11-2-4-12(5-3-11)20-14(15,16)17/h2-5,10,13H,6-9,18H2,1H3. The van der Waals surface area contributed by atoms with Gasteiger partial charge < -0.3 is 10.5 Å². The lowest BCUT2D eigenvalue weighted by atomic mass is 9.94. The Kier molecular flexibility index (Phi) is 4.55. The molecular weight excluding hydrogens is 269 g/mol. The summed E-state index contributed by atoms with van der Waals surface area (Å²) in [6.07, 6.45) is -3.68. The fourth-order valence-corrected chi connectivity index (χ4v) is 2.45. The molecule has 1 aliphatic rings. The molecular formula is C14H19F3N2O. The third-order valence-electron chi connectivity index (χ3n) is 3.62. The molecule has 112 valence electrons. The lowest BCUT2D eigenvalue weighted by molar-refractivity contribution is -0.274. The van der Waals surface area contributed by atoms with Gasteiger partial charge in [-0.15, -0.1) is 13.2 Å². The topological polar surface area (TPSA) is 38.5 Å². The van der Waals surface area contributed by atoms with Gasteiger partial charge in [-0.25, -0.2) is 0 Å². The van der Waals surface area contributed by atoms with Crippen LogP contribution in [-0.2, 0) is 6.54 Å². The SMILES string of the molecule is CC1CN(Cc2ccc(OC(F)(F)F)cc2)CCC1N. The average molecular weight is 288 g/mol. The van der Waals surface area contributed by atoms with Gasteiger partial charge in [0.25, 0.3) is 0 Å². The van der Waals surface area contributed by atoms with Crippen molar-refractivity contribution in [1.82, 2.24) is 4.90 Å². The number of hydrogen-bond donors (Lipinski definition) is 1. The van der Waals surface area contributed by atoms with Gasteiger partial charge in [-0.2, -0.15) is 0 Å². The van der Waals surface area contributed by atoms with Gasteiger partial charge in [-0.05, 0) is 36.6 Å². The van der Waals surface area contributed by atoms with E-state index < -0.39 is 6.36 Å². The van der Waals surface area contributed by atoms with Crippen LogP contribution in [0.25, 0.3) is 0 Å². The Morgan fingerprint density at radius 2 is 1.95 bits per heavy atom. The number of nitrogens with two attached hydrogens (primary N) is 1. The molecule has 1 saturated heterocycles. The quantitative estimate of drug-likeness (QED) is 0.929. The number of nitrogens with zero attached hydrogens (tertiary/aromatic N) is 1. The van der Waals surface area contributed by atoms with Crippen molar-refractivity contribution < 1.29 is 17.9 Å². The molecule has 0 saturated carbocycles. The van der Waals surface area contributed by atoms with Crippen molar-refractivity contribution in [3.8, 4) is 5.75 Å². The minimum absolute atomic E-state index is 0.185. The number of benzene rings is 1. The molecule has 2 atom stereocenters. The average Bonchev–Trinajstić information content (AvgIpc) is 2.35. The Hall–Kier alpha value is -1.27. The first-order valence-corrected chi connectivity index (χ1v) is 6.66. The molecule has 6 heteroatoms. The monoisotopic (exact) mass is 288 g/mol. The van der Waals surface area contributed by atoms with Gasteiger partial charge in [0.15, 0.2) is 0 Å². The van der Waals surface area contributed by atoms with Crippen LogP contribution in [0.5, 0.6) is 5.75 Å². The molecule has 0 aliphatic carbocycles. The maximum absolute atomic E-state index is 12.1. The van der Waals surface area contributed by atoms with E-state index in [1.165, 1.54) is 12.1 Å². The number of rotatable bonds is 3. The third-order valence-corrected chi connectivity index (χ3v) is 3.62. The Labute approximate surface area is 116 Å². The van der Waals surface area contributed by atoms with Crippen molar-refractivity contribution >= 4 is 0 Å². The van der Waals surface area contributed by atoms with Gasteiger partial charge in [-0.3, -0.25) is 4.90 Å². The highest BCUT2D eigenvalue weighted by atomic mass is 19.4. The summed E-state index contributed by atoms with van der Waals surface area (Å²) >= 11 is 0. The van der Waals surface area contributed by atoms with Crippen LogP contribution in [0.15, 0.2) is 24.3 Å². The van der Waals surface area contributed by atoms with E-state index in [1.807, 2.05) is 0 Å². The normalized spacial score (nSPS) is 24.6. The summed E-state index contributed by atoms with van der Waals surface area (Å²) in [4.78, 5) is 2.27. The first-order valence-electron chi connectivity index (χ1n) is 6.66. The van der Waals surface area contributed by atoms with Gasteiger partial charge in [0.05, 0.1) is 0 Å². The lowest BCUT2D eigenvalue weighted by Gasteiger charge is -2.35. The van der Waals surface area contributed by atoms with Crippen molar-refractivity contribution in [2.24, 2.45) is 11.7 Å². The van der Waals surface area contributed by atoms with Crippen LogP contribution in [0.2, 0.25) is 0 Å². The highest BCUT2D eigenvalue weighted by molar-refractivity contribution is 5.27. The van der Waals surface area contributed by atoms with Crippen molar-refractivity contribution in [3.05, 3.63) is 29.8 Å². The minimum atomic E-state index is -4.64. The van der Waals surface area contributed by atoms with Gasteiger partial charge in [-0.1, -0.05) is 19.1 Å². The molecule has 0 amide bonds. The summed E-state index contributed by atoms with van der Waals surface area (Å²) in [6, 6.07) is 6.28. The Morgan fingerprint density at radius 3 is 2.50 bits per heavy atom. The molecule has 0 radical (unpaired) electrons. The van der Waals surface area contributed by atoms with Crippen molar-refractivity contribution in [2.75, 3.05) is 13.1 Å².